The van der Waals surface area contributed by atoms with Crippen molar-refractivity contribution in [1.82, 2.24) is 20.9 Å². The van der Waals surface area contributed by atoms with E-state index in [0.29, 0.717) is 30.7 Å². The summed E-state index contributed by atoms with van der Waals surface area (Å²) in [6, 6.07) is 15.5. The quantitative estimate of drug-likeness (QED) is 0.0748. The number of benzene rings is 2. The standard InChI is InChI=1S/C43H64N6O4/c1-6-14-38(44)45-20-12-7-8-13-21-46-40(52)36(23-29(2)3)48-39(51)27-47-41(53)43(32-15-10-9-11-16-32)26-33(43)28-49-22-19-42(5)30(4)37(49)24-31-17-18-34(50)25-35(31)42/h9-11,15-18,25,29-30,33,36-37,50H,6-8,12-14,19-24,26-28H2,1-5H3,(H2,44,45)(H,46,52)(H,47,53)(H,48,51)/t30-,33-,36+,37+,42+,43+/m0/s1. The number of hydrogen-bond acceptors (Lipinski definition) is 6. The second-order valence-corrected chi connectivity index (χ2v) is 16.6. The highest BCUT2D eigenvalue weighted by molar-refractivity contribution is 5.95. The number of phenolic OH excluding ortho intramolecular Hbond substituents is 1. The fourth-order valence-corrected chi connectivity index (χ4v) is 9.00. The van der Waals surface area contributed by atoms with Crippen LogP contribution in [0.25, 0.3) is 0 Å². The van der Waals surface area contributed by atoms with Gasteiger partial charge in [-0.3, -0.25) is 24.3 Å². The maximum atomic E-state index is 14.1. The van der Waals surface area contributed by atoms with Gasteiger partial charge in [0.15, 0.2) is 0 Å². The molecule has 1 aliphatic heterocycles. The summed E-state index contributed by atoms with van der Waals surface area (Å²) >= 11 is 0. The third kappa shape index (κ3) is 9.61. The molecule has 290 valence electrons. The number of aliphatic imine (C=N–C) groups is 1. The number of phenols is 1. The number of unbranched alkanes of at least 4 members (excludes halogenated alkanes) is 3. The van der Waals surface area contributed by atoms with Gasteiger partial charge in [-0.2, -0.15) is 0 Å². The van der Waals surface area contributed by atoms with Crippen LogP contribution < -0.4 is 21.7 Å². The highest BCUT2D eigenvalue weighted by atomic mass is 16.3. The number of nitrogens with zero attached hydrogens (tertiary/aromatic N) is 2. The van der Waals surface area contributed by atoms with E-state index >= 15 is 0 Å². The number of piperidine rings is 1. The zero-order valence-corrected chi connectivity index (χ0v) is 32.8. The predicted molar refractivity (Wildman–Crippen MR) is 212 cm³/mol. The number of carbonyl (C=O) groups is 3. The fraction of sp³-hybridized carbons (Fsp3) is 0.628. The van der Waals surface area contributed by atoms with Crippen LogP contribution in [0, 0.1) is 17.8 Å². The minimum atomic E-state index is -0.701. The molecule has 0 unspecified atom stereocenters. The minimum absolute atomic E-state index is 0.00160. The Hall–Kier alpha value is -3.92. The van der Waals surface area contributed by atoms with Gasteiger partial charge in [-0.15, -0.1) is 0 Å². The highest BCUT2D eigenvalue weighted by Crippen LogP contribution is 2.56. The van der Waals surface area contributed by atoms with Crippen LogP contribution in [0.1, 0.15) is 109 Å². The molecule has 5 rings (SSSR count). The lowest BCUT2D eigenvalue weighted by Gasteiger charge is -2.55. The van der Waals surface area contributed by atoms with E-state index < -0.39 is 11.5 Å². The van der Waals surface area contributed by atoms with Gasteiger partial charge in [-0.1, -0.05) is 83.9 Å². The first kappa shape index (κ1) is 40.3. The van der Waals surface area contributed by atoms with Crippen LogP contribution in [0.5, 0.6) is 5.75 Å². The number of rotatable bonds is 19. The van der Waals surface area contributed by atoms with Crippen molar-refractivity contribution in [3.63, 3.8) is 0 Å². The first-order valence-corrected chi connectivity index (χ1v) is 20.1. The Kier molecular flexibility index (Phi) is 13.6. The summed E-state index contributed by atoms with van der Waals surface area (Å²) in [7, 11) is 0. The van der Waals surface area contributed by atoms with Crippen LogP contribution in [0.4, 0.5) is 0 Å². The molecule has 2 aromatic carbocycles. The number of hydrogen-bond donors (Lipinski definition) is 5. The van der Waals surface area contributed by atoms with E-state index in [4.69, 9.17) is 5.73 Å². The Balaban J connectivity index is 1.14. The lowest BCUT2D eigenvalue weighted by Crippen LogP contribution is -2.58. The Morgan fingerprint density at radius 3 is 2.55 bits per heavy atom. The van der Waals surface area contributed by atoms with Crippen LogP contribution in [0.3, 0.4) is 0 Å². The molecule has 53 heavy (non-hydrogen) atoms. The number of nitrogens with one attached hydrogen (secondary N) is 3. The number of nitrogens with two attached hydrogens (primary N) is 1. The first-order valence-electron chi connectivity index (χ1n) is 20.1. The molecule has 2 aliphatic carbocycles. The topological polar surface area (TPSA) is 149 Å². The van der Waals surface area contributed by atoms with Gasteiger partial charge in [-0.25, -0.2) is 0 Å². The Labute approximate surface area is 317 Å². The number of amidine groups is 1. The van der Waals surface area contributed by atoms with Crippen molar-refractivity contribution in [1.29, 1.82) is 0 Å². The summed E-state index contributed by atoms with van der Waals surface area (Å²) in [5.41, 5.74) is 8.74. The number of amides is 3. The smallest absolute Gasteiger partial charge is 0.242 e. The number of fused-ring (bicyclic) bond motifs is 4. The molecule has 1 saturated carbocycles. The van der Waals surface area contributed by atoms with E-state index in [-0.39, 0.29) is 41.5 Å². The lowest BCUT2D eigenvalue weighted by molar-refractivity contribution is -0.130. The maximum Gasteiger partial charge on any atom is 0.242 e. The highest BCUT2D eigenvalue weighted by Gasteiger charge is 2.62. The Morgan fingerprint density at radius 2 is 1.81 bits per heavy atom. The van der Waals surface area contributed by atoms with Crippen LogP contribution in [0.2, 0.25) is 0 Å². The second-order valence-electron chi connectivity index (χ2n) is 16.6. The van der Waals surface area contributed by atoms with Gasteiger partial charge in [0.05, 0.1) is 17.8 Å². The predicted octanol–water partition coefficient (Wildman–Crippen LogP) is 5.36. The van der Waals surface area contributed by atoms with Crippen molar-refractivity contribution < 1.29 is 19.5 Å². The molecule has 2 fully saturated rings. The van der Waals surface area contributed by atoms with Crippen molar-refractivity contribution in [2.24, 2.45) is 28.5 Å². The third-order valence-corrected chi connectivity index (χ3v) is 12.3. The maximum absolute atomic E-state index is 14.1. The monoisotopic (exact) mass is 728 g/mol. The zero-order valence-electron chi connectivity index (χ0n) is 32.8. The fourth-order valence-electron chi connectivity index (χ4n) is 9.00. The van der Waals surface area contributed by atoms with Gasteiger partial charge in [0.2, 0.25) is 17.7 Å². The second kappa shape index (κ2) is 17.9. The van der Waals surface area contributed by atoms with E-state index in [9.17, 15) is 19.5 Å². The lowest BCUT2D eigenvalue weighted by atomic mass is 9.59. The van der Waals surface area contributed by atoms with Gasteiger partial charge < -0.3 is 26.8 Å². The molecular formula is C43H64N6O4. The molecule has 3 aliphatic rings. The zero-order chi connectivity index (χ0) is 38.2. The van der Waals surface area contributed by atoms with Crippen molar-refractivity contribution >= 4 is 23.6 Å². The molecule has 6 N–H and O–H groups in total. The van der Waals surface area contributed by atoms with E-state index in [2.05, 4.69) is 52.7 Å². The van der Waals surface area contributed by atoms with Crippen LogP contribution in [-0.4, -0.2) is 78.4 Å². The molecule has 2 bridgehead atoms. The summed E-state index contributed by atoms with van der Waals surface area (Å²) in [5, 5.41) is 19.1. The molecule has 10 nitrogen and oxygen atoms in total. The number of carbonyl (C=O) groups excluding carboxylic acids is 3. The van der Waals surface area contributed by atoms with Crippen molar-refractivity contribution in [3.8, 4) is 5.75 Å². The summed E-state index contributed by atoms with van der Waals surface area (Å²) in [6.45, 7) is 13.7. The normalized spacial score (nSPS) is 25.7. The van der Waals surface area contributed by atoms with Gasteiger partial charge in [0.1, 0.15) is 11.8 Å². The Morgan fingerprint density at radius 1 is 1.06 bits per heavy atom. The number of likely N-dealkylation sites (tertiary alicyclic amines) is 1. The van der Waals surface area contributed by atoms with Gasteiger partial charge in [-0.05, 0) is 103 Å². The summed E-state index contributed by atoms with van der Waals surface area (Å²) in [4.78, 5) is 47.5. The summed E-state index contributed by atoms with van der Waals surface area (Å²) in [5.74, 6) is 1.10. The van der Waals surface area contributed by atoms with E-state index in [1.54, 1.807) is 6.07 Å². The van der Waals surface area contributed by atoms with Crippen molar-refractivity contribution in [3.05, 3.63) is 65.2 Å². The molecule has 10 heteroatoms. The molecule has 6 atom stereocenters. The third-order valence-electron chi connectivity index (χ3n) is 12.3. The Bertz CT molecular complexity index is 1600. The average molecular weight is 729 g/mol. The summed E-state index contributed by atoms with van der Waals surface area (Å²) < 4.78 is 0. The van der Waals surface area contributed by atoms with Gasteiger partial charge in [0.25, 0.3) is 0 Å². The molecule has 1 saturated heterocycles. The molecular weight excluding hydrogens is 665 g/mol. The van der Waals surface area contributed by atoms with Gasteiger partial charge >= 0.3 is 0 Å². The van der Waals surface area contributed by atoms with Crippen molar-refractivity contribution in [2.45, 2.75) is 122 Å². The molecule has 3 amide bonds. The molecule has 0 radical (unpaired) electrons. The molecule has 0 aromatic heterocycles. The number of aromatic hydroxyl groups is 1. The molecule has 0 spiro atoms. The van der Waals surface area contributed by atoms with Gasteiger partial charge in [0, 0.05) is 32.1 Å². The largest absolute Gasteiger partial charge is 0.508 e. The van der Waals surface area contributed by atoms with E-state index in [1.807, 2.05) is 50.2 Å². The van der Waals surface area contributed by atoms with Crippen LogP contribution >= 0.6 is 0 Å². The van der Waals surface area contributed by atoms with Crippen LogP contribution in [0.15, 0.2) is 53.5 Å². The first-order chi connectivity index (χ1) is 25.4. The van der Waals surface area contributed by atoms with Crippen LogP contribution in [-0.2, 0) is 31.6 Å². The minimum Gasteiger partial charge on any atom is -0.508 e. The SMILES string of the molecule is CCCC(N)=NCCCCCCNC(=O)[C@@H](CC(C)C)NC(=O)CNC(=O)[C@@]1(c2ccccc2)C[C@H]1CN1CC[C@@]2(C)c3cc(O)ccc3C[C@@H]1[C@@H]2C. The van der Waals surface area contributed by atoms with E-state index in [0.717, 1.165) is 88.8 Å². The molecule has 2 aromatic rings. The van der Waals surface area contributed by atoms with Crippen molar-refractivity contribution in [2.75, 3.05) is 32.7 Å². The summed E-state index contributed by atoms with van der Waals surface area (Å²) in [6.07, 6.45) is 8.84. The molecule has 1 heterocycles. The van der Waals surface area contributed by atoms with E-state index in [1.165, 1.54) is 11.1 Å². The average Bonchev–Trinajstić information content (AvgIpc) is 3.86.